The fourth-order valence-corrected chi connectivity index (χ4v) is 2.18. The Morgan fingerprint density at radius 2 is 1.42 bits per heavy atom. The molecular weight excluding hydrogens is 256 g/mol. The average Bonchev–Trinajstić information content (AvgIpc) is 2.48. The molecule has 2 nitrogen and oxygen atoms in total. The van der Waals surface area contributed by atoms with E-state index in [4.69, 9.17) is 9.47 Å². The van der Waals surface area contributed by atoms with E-state index in [0.29, 0.717) is 13.2 Å². The molecule has 3 heteroatoms. The lowest BCUT2D eigenvalue weighted by molar-refractivity contribution is 0.146. The van der Waals surface area contributed by atoms with Crippen LogP contribution in [0.15, 0.2) is 53.4 Å². The fourth-order valence-electron chi connectivity index (χ4n) is 1.77. The number of hydrogen-bond acceptors (Lipinski definition) is 3. The standard InChI is InChI=1S/C16H18O2S/c1-17-11-12-18-15-7-3-13(4-8-15)14-5-9-16(19-2)10-6-14/h3-10H,11-12H2,1-2H3. The largest absolute Gasteiger partial charge is 0.491 e. The second-order valence-corrected chi connectivity index (χ2v) is 4.97. The Morgan fingerprint density at radius 3 is 1.95 bits per heavy atom. The van der Waals surface area contributed by atoms with E-state index in [1.807, 2.05) is 12.1 Å². The maximum absolute atomic E-state index is 5.55. The topological polar surface area (TPSA) is 18.5 Å². The van der Waals surface area contributed by atoms with E-state index in [0.717, 1.165) is 5.75 Å². The number of methoxy groups -OCH3 is 1. The van der Waals surface area contributed by atoms with E-state index in [1.54, 1.807) is 18.9 Å². The third kappa shape index (κ3) is 4.01. The van der Waals surface area contributed by atoms with E-state index in [2.05, 4.69) is 42.7 Å². The van der Waals surface area contributed by atoms with Crippen LogP contribution in [0, 0.1) is 0 Å². The van der Waals surface area contributed by atoms with Crippen molar-refractivity contribution in [3.63, 3.8) is 0 Å². The van der Waals surface area contributed by atoms with Gasteiger partial charge >= 0.3 is 0 Å². The monoisotopic (exact) mass is 274 g/mol. The molecule has 0 saturated carbocycles. The van der Waals surface area contributed by atoms with Gasteiger partial charge in [-0.15, -0.1) is 11.8 Å². The molecule has 0 aromatic heterocycles. The summed E-state index contributed by atoms with van der Waals surface area (Å²) in [6, 6.07) is 16.7. The van der Waals surface area contributed by atoms with Crippen LogP contribution >= 0.6 is 11.8 Å². The number of ether oxygens (including phenoxy) is 2. The maximum atomic E-state index is 5.55. The molecule has 100 valence electrons. The number of hydrogen-bond donors (Lipinski definition) is 0. The van der Waals surface area contributed by atoms with Gasteiger partial charge in [-0.2, -0.15) is 0 Å². The Morgan fingerprint density at radius 1 is 0.842 bits per heavy atom. The zero-order chi connectivity index (χ0) is 13.5. The van der Waals surface area contributed by atoms with Gasteiger partial charge in [0.25, 0.3) is 0 Å². The lowest BCUT2D eigenvalue weighted by Crippen LogP contribution is -2.03. The predicted octanol–water partition coefficient (Wildman–Crippen LogP) is 4.10. The van der Waals surface area contributed by atoms with E-state index in [-0.39, 0.29) is 0 Å². The lowest BCUT2D eigenvalue weighted by atomic mass is 10.1. The zero-order valence-corrected chi connectivity index (χ0v) is 12.1. The smallest absolute Gasteiger partial charge is 0.119 e. The number of benzene rings is 2. The minimum absolute atomic E-state index is 0.582. The van der Waals surface area contributed by atoms with Crippen LogP contribution in [0.5, 0.6) is 5.75 Å². The van der Waals surface area contributed by atoms with Crippen molar-refractivity contribution < 1.29 is 9.47 Å². The van der Waals surface area contributed by atoms with Gasteiger partial charge in [0.1, 0.15) is 12.4 Å². The van der Waals surface area contributed by atoms with Crippen LogP contribution in [0.25, 0.3) is 11.1 Å². The van der Waals surface area contributed by atoms with Crippen molar-refractivity contribution in [3.8, 4) is 16.9 Å². The van der Waals surface area contributed by atoms with Gasteiger partial charge in [0, 0.05) is 12.0 Å². The van der Waals surface area contributed by atoms with E-state index >= 15 is 0 Å². The molecule has 0 atom stereocenters. The first-order chi connectivity index (χ1) is 9.33. The van der Waals surface area contributed by atoms with Crippen molar-refractivity contribution in [2.45, 2.75) is 4.90 Å². The molecule has 2 aromatic rings. The summed E-state index contributed by atoms with van der Waals surface area (Å²) in [5, 5.41) is 0. The Balaban J connectivity index is 2.04. The number of rotatable bonds is 6. The first-order valence-corrected chi connectivity index (χ1v) is 7.42. The molecular formula is C16H18O2S. The zero-order valence-electron chi connectivity index (χ0n) is 11.3. The molecule has 0 aliphatic rings. The summed E-state index contributed by atoms with van der Waals surface area (Å²) in [7, 11) is 1.67. The first kappa shape index (κ1) is 14.0. The molecule has 0 aliphatic heterocycles. The summed E-state index contributed by atoms with van der Waals surface area (Å²) in [6.07, 6.45) is 2.08. The van der Waals surface area contributed by atoms with Crippen molar-refractivity contribution in [1.82, 2.24) is 0 Å². The fraction of sp³-hybridized carbons (Fsp3) is 0.250. The summed E-state index contributed by atoms with van der Waals surface area (Å²) in [5.41, 5.74) is 2.42. The van der Waals surface area contributed by atoms with Crippen LogP contribution in [0.1, 0.15) is 0 Å². The SMILES string of the molecule is COCCOc1ccc(-c2ccc(SC)cc2)cc1. The molecule has 19 heavy (non-hydrogen) atoms. The van der Waals surface area contributed by atoms with Crippen molar-refractivity contribution in [2.24, 2.45) is 0 Å². The van der Waals surface area contributed by atoms with Crippen molar-refractivity contribution in [2.75, 3.05) is 26.6 Å². The Labute approximate surface area is 118 Å². The molecule has 0 radical (unpaired) electrons. The number of thioether (sulfide) groups is 1. The molecule has 0 heterocycles. The summed E-state index contributed by atoms with van der Waals surface area (Å²) in [6.45, 7) is 1.19. The molecule has 0 N–H and O–H groups in total. The second-order valence-electron chi connectivity index (χ2n) is 4.09. The minimum atomic E-state index is 0.582. The van der Waals surface area contributed by atoms with Gasteiger partial charge in [-0.25, -0.2) is 0 Å². The van der Waals surface area contributed by atoms with E-state index in [9.17, 15) is 0 Å². The molecule has 0 fully saturated rings. The Kier molecular flexibility index (Phi) is 5.31. The van der Waals surface area contributed by atoms with Crippen LogP contribution in [-0.2, 0) is 4.74 Å². The van der Waals surface area contributed by atoms with Gasteiger partial charge in [-0.3, -0.25) is 0 Å². The quantitative estimate of drug-likeness (QED) is 0.583. The van der Waals surface area contributed by atoms with Gasteiger partial charge in [0.05, 0.1) is 6.61 Å². The van der Waals surface area contributed by atoms with Gasteiger partial charge in [0.15, 0.2) is 0 Å². The molecule has 2 rings (SSSR count). The first-order valence-electron chi connectivity index (χ1n) is 6.19. The van der Waals surface area contributed by atoms with Crippen LogP contribution in [0.4, 0.5) is 0 Å². The van der Waals surface area contributed by atoms with Crippen molar-refractivity contribution >= 4 is 11.8 Å². The molecule has 0 bridgehead atoms. The Bertz CT molecular complexity index is 491. The van der Waals surface area contributed by atoms with Crippen LogP contribution in [0.3, 0.4) is 0 Å². The Hall–Kier alpha value is -1.45. The summed E-state index contributed by atoms with van der Waals surface area (Å²) in [5.74, 6) is 0.876. The molecule has 0 amide bonds. The molecule has 0 spiro atoms. The van der Waals surface area contributed by atoms with Crippen LogP contribution < -0.4 is 4.74 Å². The third-order valence-corrected chi connectivity index (χ3v) is 3.58. The highest BCUT2D eigenvalue weighted by Gasteiger charge is 1.99. The molecule has 0 aliphatic carbocycles. The van der Waals surface area contributed by atoms with E-state index < -0.39 is 0 Å². The highest BCUT2D eigenvalue weighted by molar-refractivity contribution is 7.98. The van der Waals surface area contributed by atoms with Crippen molar-refractivity contribution in [3.05, 3.63) is 48.5 Å². The second kappa shape index (κ2) is 7.22. The summed E-state index contributed by atoms with van der Waals surface area (Å²) in [4.78, 5) is 1.28. The molecule has 0 unspecified atom stereocenters. The van der Waals surface area contributed by atoms with Gasteiger partial charge in [-0.1, -0.05) is 24.3 Å². The summed E-state index contributed by atoms with van der Waals surface area (Å²) >= 11 is 1.75. The highest BCUT2D eigenvalue weighted by atomic mass is 32.2. The summed E-state index contributed by atoms with van der Waals surface area (Å²) < 4.78 is 10.5. The lowest BCUT2D eigenvalue weighted by Gasteiger charge is -2.07. The highest BCUT2D eigenvalue weighted by Crippen LogP contribution is 2.24. The maximum Gasteiger partial charge on any atom is 0.119 e. The minimum Gasteiger partial charge on any atom is -0.491 e. The van der Waals surface area contributed by atoms with Crippen molar-refractivity contribution in [1.29, 1.82) is 0 Å². The molecule has 2 aromatic carbocycles. The van der Waals surface area contributed by atoms with Gasteiger partial charge < -0.3 is 9.47 Å². The van der Waals surface area contributed by atoms with Gasteiger partial charge in [0.2, 0.25) is 0 Å². The van der Waals surface area contributed by atoms with E-state index in [1.165, 1.54) is 16.0 Å². The normalized spacial score (nSPS) is 10.4. The third-order valence-electron chi connectivity index (χ3n) is 2.83. The predicted molar refractivity (Wildman–Crippen MR) is 81.0 cm³/mol. The molecule has 0 saturated heterocycles. The average molecular weight is 274 g/mol. The van der Waals surface area contributed by atoms with Gasteiger partial charge in [-0.05, 0) is 41.6 Å². The van der Waals surface area contributed by atoms with Crippen LogP contribution in [0.2, 0.25) is 0 Å². The van der Waals surface area contributed by atoms with Crippen LogP contribution in [-0.4, -0.2) is 26.6 Å².